The molecule has 18 heavy (non-hydrogen) atoms. The van der Waals surface area contributed by atoms with Crippen LogP contribution in [0.5, 0.6) is 0 Å². The first-order valence-electron chi connectivity index (χ1n) is 6.20. The number of rotatable bonds is 4. The largest absolute Gasteiger partial charge is 0.330 e. The van der Waals surface area contributed by atoms with E-state index in [2.05, 4.69) is 25.1 Å². The van der Waals surface area contributed by atoms with Crippen LogP contribution < -0.4 is 5.73 Å². The molecule has 0 fully saturated rings. The molecular formula is C16H18FN. The highest BCUT2D eigenvalue weighted by Gasteiger charge is 2.11. The van der Waals surface area contributed by atoms with Crippen molar-refractivity contribution in [2.24, 2.45) is 5.73 Å². The van der Waals surface area contributed by atoms with Crippen molar-refractivity contribution in [2.45, 2.75) is 19.3 Å². The fourth-order valence-corrected chi connectivity index (χ4v) is 2.21. The molecule has 0 radical (unpaired) electrons. The summed E-state index contributed by atoms with van der Waals surface area (Å²) in [4.78, 5) is 0. The van der Waals surface area contributed by atoms with Crippen molar-refractivity contribution >= 4 is 0 Å². The van der Waals surface area contributed by atoms with Crippen molar-refractivity contribution in [1.29, 1.82) is 0 Å². The first-order chi connectivity index (χ1) is 8.69. The topological polar surface area (TPSA) is 26.0 Å². The summed E-state index contributed by atoms with van der Waals surface area (Å²) in [5, 5.41) is 0. The Labute approximate surface area is 107 Å². The van der Waals surface area contributed by atoms with Gasteiger partial charge in [-0.2, -0.15) is 0 Å². The van der Waals surface area contributed by atoms with Crippen LogP contribution in [-0.2, 0) is 6.42 Å². The van der Waals surface area contributed by atoms with E-state index in [1.807, 2.05) is 12.1 Å². The molecule has 1 nitrogen and oxygen atoms in total. The van der Waals surface area contributed by atoms with Crippen molar-refractivity contribution in [1.82, 2.24) is 0 Å². The fourth-order valence-electron chi connectivity index (χ4n) is 2.21. The minimum atomic E-state index is -0.187. The average Bonchev–Trinajstić information content (AvgIpc) is 2.36. The van der Waals surface area contributed by atoms with Gasteiger partial charge in [-0.1, -0.05) is 42.0 Å². The zero-order chi connectivity index (χ0) is 13.0. The number of nitrogens with two attached hydrogens (primary N) is 1. The lowest BCUT2D eigenvalue weighted by Crippen LogP contribution is -2.15. The number of halogens is 1. The summed E-state index contributed by atoms with van der Waals surface area (Å²) in [6.07, 6.45) is 0.776. The molecule has 0 spiro atoms. The van der Waals surface area contributed by atoms with Gasteiger partial charge in [-0.25, -0.2) is 4.39 Å². The van der Waals surface area contributed by atoms with Gasteiger partial charge in [0, 0.05) is 5.92 Å². The number of hydrogen-bond donors (Lipinski definition) is 1. The Bertz CT molecular complexity index is 522. The van der Waals surface area contributed by atoms with Gasteiger partial charge >= 0.3 is 0 Å². The van der Waals surface area contributed by atoms with E-state index in [1.165, 1.54) is 17.2 Å². The van der Waals surface area contributed by atoms with Crippen LogP contribution in [0.4, 0.5) is 4.39 Å². The van der Waals surface area contributed by atoms with Crippen LogP contribution in [0.3, 0.4) is 0 Å². The maximum Gasteiger partial charge on any atom is 0.123 e. The van der Waals surface area contributed by atoms with E-state index in [4.69, 9.17) is 5.73 Å². The molecule has 2 N–H and O–H groups in total. The van der Waals surface area contributed by atoms with E-state index in [0.29, 0.717) is 6.54 Å². The third-order valence-electron chi connectivity index (χ3n) is 3.17. The van der Waals surface area contributed by atoms with Crippen molar-refractivity contribution in [2.75, 3.05) is 6.54 Å². The molecule has 2 rings (SSSR count). The SMILES string of the molecule is Cc1cccc(C(CN)Cc2cccc(F)c2)c1. The Morgan fingerprint density at radius 3 is 2.56 bits per heavy atom. The first kappa shape index (κ1) is 12.8. The Kier molecular flexibility index (Phi) is 4.11. The quantitative estimate of drug-likeness (QED) is 0.874. The Morgan fingerprint density at radius 2 is 1.89 bits per heavy atom. The Hall–Kier alpha value is -1.67. The van der Waals surface area contributed by atoms with Crippen molar-refractivity contribution in [3.63, 3.8) is 0 Å². The van der Waals surface area contributed by atoms with Crippen molar-refractivity contribution in [3.8, 4) is 0 Å². The Balaban J connectivity index is 2.19. The van der Waals surface area contributed by atoms with Crippen LogP contribution in [0.15, 0.2) is 48.5 Å². The van der Waals surface area contributed by atoms with E-state index < -0.39 is 0 Å². The van der Waals surface area contributed by atoms with Crippen molar-refractivity contribution in [3.05, 3.63) is 71.0 Å². The molecule has 2 heteroatoms. The van der Waals surface area contributed by atoms with Gasteiger partial charge in [-0.3, -0.25) is 0 Å². The molecule has 0 amide bonds. The van der Waals surface area contributed by atoms with Crippen LogP contribution in [0.25, 0.3) is 0 Å². The van der Waals surface area contributed by atoms with E-state index in [1.54, 1.807) is 12.1 Å². The first-order valence-corrected chi connectivity index (χ1v) is 6.20. The fraction of sp³-hybridized carbons (Fsp3) is 0.250. The summed E-state index contributed by atoms with van der Waals surface area (Å²) >= 11 is 0. The summed E-state index contributed by atoms with van der Waals surface area (Å²) in [6, 6.07) is 15.1. The molecule has 94 valence electrons. The average molecular weight is 243 g/mol. The van der Waals surface area contributed by atoms with E-state index >= 15 is 0 Å². The van der Waals surface area contributed by atoms with E-state index in [-0.39, 0.29) is 11.7 Å². The molecule has 1 atom stereocenters. The van der Waals surface area contributed by atoms with Crippen LogP contribution in [-0.4, -0.2) is 6.54 Å². The van der Waals surface area contributed by atoms with Gasteiger partial charge in [0.2, 0.25) is 0 Å². The van der Waals surface area contributed by atoms with Crippen LogP contribution in [0.2, 0.25) is 0 Å². The van der Waals surface area contributed by atoms with Gasteiger partial charge in [0.15, 0.2) is 0 Å². The molecule has 0 aliphatic carbocycles. The van der Waals surface area contributed by atoms with Crippen molar-refractivity contribution < 1.29 is 4.39 Å². The van der Waals surface area contributed by atoms with Gasteiger partial charge in [0.05, 0.1) is 0 Å². The number of hydrogen-bond acceptors (Lipinski definition) is 1. The standard InChI is InChI=1S/C16H18FN/c1-12-4-2-6-14(8-12)15(11-18)9-13-5-3-7-16(17)10-13/h2-8,10,15H,9,11,18H2,1H3. The molecule has 0 aromatic heterocycles. The molecule has 0 saturated carbocycles. The molecule has 0 aliphatic rings. The van der Waals surface area contributed by atoms with Crippen LogP contribution >= 0.6 is 0 Å². The van der Waals surface area contributed by atoms with E-state index in [9.17, 15) is 4.39 Å². The lowest BCUT2D eigenvalue weighted by atomic mass is 9.91. The predicted octanol–water partition coefficient (Wildman–Crippen LogP) is 3.42. The molecular weight excluding hydrogens is 225 g/mol. The third-order valence-corrected chi connectivity index (χ3v) is 3.17. The van der Waals surface area contributed by atoms with Gasteiger partial charge in [0.25, 0.3) is 0 Å². The van der Waals surface area contributed by atoms with Gasteiger partial charge < -0.3 is 5.73 Å². The minimum Gasteiger partial charge on any atom is -0.330 e. The molecule has 2 aromatic carbocycles. The lowest BCUT2D eigenvalue weighted by Gasteiger charge is -2.16. The highest BCUT2D eigenvalue weighted by molar-refractivity contribution is 5.28. The molecule has 0 heterocycles. The maximum atomic E-state index is 13.2. The highest BCUT2D eigenvalue weighted by atomic mass is 19.1. The lowest BCUT2D eigenvalue weighted by molar-refractivity contribution is 0.621. The molecule has 2 aromatic rings. The normalized spacial score (nSPS) is 12.4. The van der Waals surface area contributed by atoms with Gasteiger partial charge in [0.1, 0.15) is 5.82 Å². The smallest absolute Gasteiger partial charge is 0.123 e. The summed E-state index contributed by atoms with van der Waals surface area (Å²) in [5.41, 5.74) is 9.29. The zero-order valence-corrected chi connectivity index (χ0v) is 10.6. The van der Waals surface area contributed by atoms with E-state index in [0.717, 1.165) is 12.0 Å². The second-order valence-electron chi connectivity index (χ2n) is 4.68. The molecule has 1 unspecified atom stereocenters. The van der Waals surface area contributed by atoms with Gasteiger partial charge in [-0.15, -0.1) is 0 Å². The Morgan fingerprint density at radius 1 is 1.11 bits per heavy atom. The molecule has 0 aliphatic heterocycles. The number of aryl methyl sites for hydroxylation is 1. The maximum absolute atomic E-state index is 13.2. The highest BCUT2D eigenvalue weighted by Crippen LogP contribution is 2.21. The van der Waals surface area contributed by atoms with Crippen LogP contribution in [0, 0.1) is 12.7 Å². The summed E-state index contributed by atoms with van der Waals surface area (Å²) in [7, 11) is 0. The molecule has 0 saturated heterocycles. The predicted molar refractivity (Wildman–Crippen MR) is 73.1 cm³/mol. The van der Waals surface area contributed by atoms with Gasteiger partial charge in [-0.05, 0) is 43.1 Å². The second kappa shape index (κ2) is 5.78. The summed E-state index contributed by atoms with van der Waals surface area (Å²) in [5.74, 6) is 0.0548. The van der Waals surface area contributed by atoms with Crippen LogP contribution in [0.1, 0.15) is 22.6 Å². The monoisotopic (exact) mass is 243 g/mol. The summed E-state index contributed by atoms with van der Waals surface area (Å²) in [6.45, 7) is 2.64. The second-order valence-corrected chi connectivity index (χ2v) is 4.68. The zero-order valence-electron chi connectivity index (χ0n) is 10.6. The molecule has 0 bridgehead atoms. The third kappa shape index (κ3) is 3.17. The summed E-state index contributed by atoms with van der Waals surface area (Å²) < 4.78 is 13.2. The minimum absolute atomic E-state index is 0.187. The number of benzene rings is 2.